The number of benzene rings is 1. The van der Waals surface area contributed by atoms with Gasteiger partial charge in [-0.15, -0.1) is 10.2 Å². The Balaban J connectivity index is 1.42. The molecule has 1 saturated carbocycles. The summed E-state index contributed by atoms with van der Waals surface area (Å²) in [6, 6.07) is 11.2. The summed E-state index contributed by atoms with van der Waals surface area (Å²) < 4.78 is 19.2. The van der Waals surface area contributed by atoms with Crippen molar-refractivity contribution >= 4 is 5.82 Å². The summed E-state index contributed by atoms with van der Waals surface area (Å²) >= 11 is 0. The molecule has 1 aliphatic carbocycles. The van der Waals surface area contributed by atoms with Gasteiger partial charge in [0.2, 0.25) is 0 Å². The van der Waals surface area contributed by atoms with Gasteiger partial charge in [-0.1, -0.05) is 0 Å². The van der Waals surface area contributed by atoms with Crippen molar-refractivity contribution in [2.24, 2.45) is 23.5 Å². The molecule has 4 unspecified atom stereocenters. The fraction of sp³-hybridized carbons (Fsp3) is 0.583. The SMILES string of the molecule is CC1(C)C[C@@H](C2C3CC(N)CC3CN2c2ccc(-c3ccc(F)cc3)nn2)CCO1. The Morgan fingerprint density at radius 2 is 1.87 bits per heavy atom. The second kappa shape index (κ2) is 7.57. The highest BCUT2D eigenvalue weighted by molar-refractivity contribution is 5.59. The number of anilines is 1. The molecule has 5 atom stereocenters. The molecule has 3 fully saturated rings. The zero-order valence-electron chi connectivity index (χ0n) is 17.8. The van der Waals surface area contributed by atoms with Gasteiger partial charge in [0.15, 0.2) is 5.82 Å². The van der Waals surface area contributed by atoms with Crippen LogP contribution in [-0.4, -0.2) is 41.0 Å². The number of nitrogens with two attached hydrogens (primary N) is 1. The Morgan fingerprint density at radius 3 is 2.57 bits per heavy atom. The molecule has 6 heteroatoms. The molecule has 30 heavy (non-hydrogen) atoms. The van der Waals surface area contributed by atoms with Crippen LogP contribution in [0.1, 0.15) is 39.5 Å². The van der Waals surface area contributed by atoms with E-state index in [4.69, 9.17) is 10.5 Å². The monoisotopic (exact) mass is 410 g/mol. The van der Waals surface area contributed by atoms with Gasteiger partial charge < -0.3 is 15.4 Å². The van der Waals surface area contributed by atoms with E-state index in [0.717, 1.165) is 55.9 Å². The van der Waals surface area contributed by atoms with Crippen molar-refractivity contribution in [2.45, 2.75) is 57.2 Å². The van der Waals surface area contributed by atoms with Crippen molar-refractivity contribution in [2.75, 3.05) is 18.1 Å². The number of hydrogen-bond acceptors (Lipinski definition) is 5. The first-order chi connectivity index (χ1) is 14.4. The van der Waals surface area contributed by atoms with Crippen molar-refractivity contribution in [1.82, 2.24) is 10.2 Å². The second-order valence-electron chi connectivity index (χ2n) is 9.94. The van der Waals surface area contributed by atoms with Gasteiger partial charge in [0.25, 0.3) is 0 Å². The maximum absolute atomic E-state index is 13.2. The third kappa shape index (κ3) is 3.71. The largest absolute Gasteiger partial charge is 0.376 e. The van der Waals surface area contributed by atoms with E-state index in [1.807, 2.05) is 6.07 Å². The summed E-state index contributed by atoms with van der Waals surface area (Å²) in [6.45, 7) is 6.23. The number of hydrogen-bond donors (Lipinski definition) is 1. The van der Waals surface area contributed by atoms with Crippen LogP contribution in [0.15, 0.2) is 36.4 Å². The third-order valence-corrected chi connectivity index (χ3v) is 7.32. The van der Waals surface area contributed by atoms with E-state index in [2.05, 4.69) is 35.0 Å². The van der Waals surface area contributed by atoms with Gasteiger partial charge >= 0.3 is 0 Å². The van der Waals surface area contributed by atoms with Gasteiger partial charge in [-0.3, -0.25) is 0 Å². The average Bonchev–Trinajstić information content (AvgIpc) is 3.24. The lowest BCUT2D eigenvalue weighted by atomic mass is 9.77. The maximum Gasteiger partial charge on any atom is 0.151 e. The quantitative estimate of drug-likeness (QED) is 0.828. The van der Waals surface area contributed by atoms with Crippen LogP contribution in [0, 0.1) is 23.6 Å². The fourth-order valence-corrected chi connectivity index (χ4v) is 6.11. The number of rotatable bonds is 3. The van der Waals surface area contributed by atoms with E-state index in [9.17, 15) is 4.39 Å². The predicted molar refractivity (Wildman–Crippen MR) is 116 cm³/mol. The van der Waals surface area contributed by atoms with Crippen LogP contribution < -0.4 is 10.6 Å². The molecule has 5 rings (SSSR count). The molecule has 1 aromatic carbocycles. The first-order valence-electron chi connectivity index (χ1n) is 11.2. The van der Waals surface area contributed by atoms with Crippen LogP contribution >= 0.6 is 0 Å². The third-order valence-electron chi connectivity index (χ3n) is 7.32. The van der Waals surface area contributed by atoms with Crippen LogP contribution in [0.5, 0.6) is 0 Å². The second-order valence-corrected chi connectivity index (χ2v) is 9.94. The highest BCUT2D eigenvalue weighted by atomic mass is 19.1. The fourth-order valence-electron chi connectivity index (χ4n) is 6.11. The Bertz CT molecular complexity index is 885. The Morgan fingerprint density at radius 1 is 1.07 bits per heavy atom. The molecule has 5 nitrogen and oxygen atoms in total. The van der Waals surface area contributed by atoms with Crippen molar-refractivity contribution in [1.29, 1.82) is 0 Å². The lowest BCUT2D eigenvalue weighted by Crippen LogP contribution is -2.46. The van der Waals surface area contributed by atoms with Crippen molar-refractivity contribution < 1.29 is 9.13 Å². The first kappa shape index (κ1) is 19.9. The molecular formula is C24H31FN4O. The zero-order valence-corrected chi connectivity index (χ0v) is 17.8. The van der Waals surface area contributed by atoms with E-state index in [1.165, 1.54) is 12.1 Å². The van der Waals surface area contributed by atoms with E-state index in [-0.39, 0.29) is 11.4 Å². The Hall–Kier alpha value is -2.05. The molecular weight excluding hydrogens is 379 g/mol. The van der Waals surface area contributed by atoms with Gasteiger partial charge in [0, 0.05) is 30.8 Å². The summed E-state index contributed by atoms with van der Waals surface area (Å²) in [5.74, 6) is 2.53. The lowest BCUT2D eigenvalue weighted by Gasteiger charge is -2.42. The summed E-state index contributed by atoms with van der Waals surface area (Å²) in [7, 11) is 0. The molecule has 2 aliphatic heterocycles. The van der Waals surface area contributed by atoms with Gasteiger partial charge in [-0.2, -0.15) is 0 Å². The van der Waals surface area contributed by atoms with Gasteiger partial charge in [-0.05, 0) is 93.7 Å². The standard InChI is InChI=1S/C24H31FN4O/c1-24(2)13-16(9-10-30-24)23-20-12-19(26)11-17(20)14-29(23)22-8-7-21(27-28-22)15-3-5-18(25)6-4-15/h3-8,16-17,19-20,23H,9-14,26H2,1-2H3/t16-,17?,19?,20?,23?/m0/s1. The summed E-state index contributed by atoms with van der Waals surface area (Å²) in [5.41, 5.74) is 7.92. The molecule has 0 radical (unpaired) electrons. The van der Waals surface area contributed by atoms with Crippen molar-refractivity contribution in [3.8, 4) is 11.3 Å². The summed E-state index contributed by atoms with van der Waals surface area (Å²) in [6.07, 6.45) is 4.36. The molecule has 2 saturated heterocycles. The molecule has 2 N–H and O–H groups in total. The molecule has 1 aromatic heterocycles. The summed E-state index contributed by atoms with van der Waals surface area (Å²) in [4.78, 5) is 2.49. The Labute approximate surface area is 177 Å². The van der Waals surface area contributed by atoms with E-state index >= 15 is 0 Å². The van der Waals surface area contributed by atoms with Crippen LogP contribution in [0.3, 0.4) is 0 Å². The molecule has 3 heterocycles. The van der Waals surface area contributed by atoms with Crippen LogP contribution in [0.25, 0.3) is 11.3 Å². The van der Waals surface area contributed by atoms with Crippen LogP contribution in [0.2, 0.25) is 0 Å². The minimum Gasteiger partial charge on any atom is -0.376 e. The summed E-state index contributed by atoms with van der Waals surface area (Å²) in [5, 5.41) is 9.08. The minimum atomic E-state index is -0.243. The van der Waals surface area contributed by atoms with E-state index in [0.29, 0.717) is 29.8 Å². The number of nitrogens with zero attached hydrogens (tertiary/aromatic N) is 3. The molecule has 0 bridgehead atoms. The van der Waals surface area contributed by atoms with Crippen molar-refractivity contribution in [3.63, 3.8) is 0 Å². The van der Waals surface area contributed by atoms with Crippen molar-refractivity contribution in [3.05, 3.63) is 42.2 Å². The molecule has 0 spiro atoms. The van der Waals surface area contributed by atoms with Crippen LogP contribution in [-0.2, 0) is 4.74 Å². The topological polar surface area (TPSA) is 64.3 Å². The lowest BCUT2D eigenvalue weighted by molar-refractivity contribution is -0.0784. The van der Waals surface area contributed by atoms with Gasteiger partial charge in [0.1, 0.15) is 5.82 Å². The molecule has 0 amide bonds. The smallest absolute Gasteiger partial charge is 0.151 e. The number of aromatic nitrogens is 2. The highest BCUT2D eigenvalue weighted by Crippen LogP contribution is 2.48. The van der Waals surface area contributed by atoms with Gasteiger partial charge in [-0.25, -0.2) is 4.39 Å². The van der Waals surface area contributed by atoms with Gasteiger partial charge in [0.05, 0.1) is 11.3 Å². The minimum absolute atomic E-state index is 0.0779. The van der Waals surface area contributed by atoms with E-state index < -0.39 is 0 Å². The van der Waals surface area contributed by atoms with E-state index in [1.54, 1.807) is 12.1 Å². The average molecular weight is 411 g/mol. The molecule has 3 aliphatic rings. The highest BCUT2D eigenvalue weighted by Gasteiger charge is 2.51. The maximum atomic E-state index is 13.2. The number of ether oxygens (including phenoxy) is 1. The molecule has 2 aromatic rings. The normalized spacial score (nSPS) is 32.9. The zero-order chi connectivity index (χ0) is 20.9. The molecule has 160 valence electrons. The number of halogens is 1. The first-order valence-corrected chi connectivity index (χ1v) is 11.2. The van der Waals surface area contributed by atoms with Crippen LogP contribution in [0.4, 0.5) is 10.2 Å². The Kier molecular flexibility index (Phi) is 5.02. The predicted octanol–water partition coefficient (Wildman–Crippen LogP) is 4.03. The number of fused-ring (bicyclic) bond motifs is 1.